The zero-order chi connectivity index (χ0) is 22.9. The van der Waals surface area contributed by atoms with Crippen molar-refractivity contribution in [2.24, 2.45) is 11.0 Å². The molecule has 2 aromatic carbocycles. The lowest BCUT2D eigenvalue weighted by molar-refractivity contribution is -0.186. The molecule has 1 unspecified atom stereocenters. The van der Waals surface area contributed by atoms with Gasteiger partial charge < -0.3 is 0 Å². The lowest BCUT2D eigenvalue weighted by atomic mass is 9.91. The number of hydrogen-bond donors (Lipinski definition) is 1. The van der Waals surface area contributed by atoms with E-state index in [9.17, 15) is 18.0 Å². The third kappa shape index (κ3) is 5.19. The monoisotopic (exact) mass is 484 g/mol. The van der Waals surface area contributed by atoms with Crippen LogP contribution < -0.4 is 5.43 Å². The Morgan fingerprint density at radius 2 is 1.53 bits per heavy atom. The molecule has 0 bridgehead atoms. The number of rotatable bonds is 3. The second-order valence-electron chi connectivity index (χ2n) is 7.90. The molecule has 2 aliphatic rings. The summed E-state index contributed by atoms with van der Waals surface area (Å²) in [6, 6.07) is 14.1. The molecule has 1 N–H and O–H groups in total. The van der Waals surface area contributed by atoms with Gasteiger partial charge in [-0.1, -0.05) is 47.5 Å². The summed E-state index contributed by atoms with van der Waals surface area (Å²) in [5, 5.41) is 8.58. The van der Waals surface area contributed by atoms with Crippen LogP contribution in [0.25, 0.3) is 0 Å². The standard InChI is InChI=1S/C22H21Cl2F3N4O/c23-17-5-1-14(2-6-17)19-13-31(28-20(19)15-3-7-18(24)8-4-15)21(32)29-30-11-9-16(10-12-30)22(25,26)27/h1-8,16,19H,9-13H2,(H,29,32). The average Bonchev–Trinajstić information content (AvgIpc) is 3.20. The molecule has 2 aromatic rings. The summed E-state index contributed by atoms with van der Waals surface area (Å²) >= 11 is 12.0. The minimum absolute atomic E-state index is 0.0452. The Hall–Kier alpha value is -2.29. The molecule has 5 nitrogen and oxygen atoms in total. The number of carbonyl (C=O) groups excluding carboxylic acids is 1. The highest BCUT2D eigenvalue weighted by Crippen LogP contribution is 2.34. The fourth-order valence-corrected chi connectivity index (χ4v) is 4.23. The zero-order valence-corrected chi connectivity index (χ0v) is 18.5. The molecule has 2 amide bonds. The Bertz CT molecular complexity index is 988. The summed E-state index contributed by atoms with van der Waals surface area (Å²) in [4.78, 5) is 12.9. The molecule has 170 valence electrons. The van der Waals surface area contributed by atoms with Crippen molar-refractivity contribution in [3.8, 4) is 0 Å². The Balaban J connectivity index is 1.49. The van der Waals surface area contributed by atoms with E-state index < -0.39 is 18.1 Å². The second-order valence-corrected chi connectivity index (χ2v) is 8.77. The molecule has 0 aliphatic carbocycles. The van der Waals surface area contributed by atoms with Gasteiger partial charge >= 0.3 is 12.2 Å². The molecule has 4 rings (SSSR count). The molecule has 0 spiro atoms. The van der Waals surface area contributed by atoms with E-state index in [-0.39, 0.29) is 31.8 Å². The number of hydrogen-bond acceptors (Lipinski definition) is 3. The molecule has 32 heavy (non-hydrogen) atoms. The molecule has 0 saturated carbocycles. The minimum atomic E-state index is -4.20. The number of benzene rings is 2. The van der Waals surface area contributed by atoms with E-state index in [1.165, 1.54) is 10.0 Å². The van der Waals surface area contributed by atoms with Crippen molar-refractivity contribution < 1.29 is 18.0 Å². The number of hydrazine groups is 1. The maximum atomic E-state index is 12.9. The van der Waals surface area contributed by atoms with E-state index in [0.717, 1.165) is 11.1 Å². The van der Waals surface area contributed by atoms with Crippen molar-refractivity contribution in [2.45, 2.75) is 24.9 Å². The van der Waals surface area contributed by atoms with Crippen LogP contribution in [0.15, 0.2) is 53.6 Å². The van der Waals surface area contributed by atoms with Crippen molar-refractivity contribution in [2.75, 3.05) is 19.6 Å². The summed E-state index contributed by atoms with van der Waals surface area (Å²) in [5.41, 5.74) is 5.18. The predicted molar refractivity (Wildman–Crippen MR) is 118 cm³/mol. The highest BCUT2D eigenvalue weighted by molar-refractivity contribution is 6.31. The van der Waals surface area contributed by atoms with E-state index in [4.69, 9.17) is 23.2 Å². The van der Waals surface area contributed by atoms with E-state index in [0.29, 0.717) is 22.3 Å². The van der Waals surface area contributed by atoms with Gasteiger partial charge in [0.15, 0.2) is 0 Å². The van der Waals surface area contributed by atoms with Crippen LogP contribution in [0.1, 0.15) is 29.9 Å². The van der Waals surface area contributed by atoms with Gasteiger partial charge in [0.25, 0.3) is 0 Å². The molecule has 1 atom stereocenters. The molecule has 1 fully saturated rings. The van der Waals surface area contributed by atoms with Crippen LogP contribution in [0.4, 0.5) is 18.0 Å². The SMILES string of the molecule is O=C(NN1CCC(C(F)(F)F)CC1)N1CC(c2ccc(Cl)cc2)C(c2ccc(Cl)cc2)=N1. The average molecular weight is 485 g/mol. The molecule has 1 saturated heterocycles. The quantitative estimate of drug-likeness (QED) is 0.607. The summed E-state index contributed by atoms with van der Waals surface area (Å²) in [6.45, 7) is 0.570. The number of halogens is 5. The largest absolute Gasteiger partial charge is 0.391 e. The van der Waals surface area contributed by atoms with Crippen LogP contribution in [0.3, 0.4) is 0 Å². The molecular weight excluding hydrogens is 464 g/mol. The first-order valence-corrected chi connectivity index (χ1v) is 11.0. The molecule has 0 radical (unpaired) electrons. The fraction of sp³-hybridized carbons (Fsp3) is 0.364. The Labute approximate surface area is 193 Å². The topological polar surface area (TPSA) is 47.9 Å². The summed E-state index contributed by atoms with van der Waals surface area (Å²) in [7, 11) is 0. The van der Waals surface area contributed by atoms with Gasteiger partial charge in [0.1, 0.15) is 0 Å². The normalized spacial score (nSPS) is 20.3. The maximum absolute atomic E-state index is 12.9. The predicted octanol–water partition coefficient (Wildman–Crippen LogP) is 5.70. The molecular formula is C22H21Cl2F3N4O. The van der Waals surface area contributed by atoms with Crippen LogP contribution in [0, 0.1) is 5.92 Å². The van der Waals surface area contributed by atoms with E-state index in [1.54, 1.807) is 24.3 Å². The Kier molecular flexibility index (Phi) is 6.65. The molecule has 2 heterocycles. The van der Waals surface area contributed by atoms with Crippen molar-refractivity contribution in [1.29, 1.82) is 0 Å². The molecule has 10 heteroatoms. The second kappa shape index (κ2) is 9.29. The smallest absolute Gasteiger partial charge is 0.269 e. The lowest BCUT2D eigenvalue weighted by Crippen LogP contribution is -2.51. The molecule has 0 aromatic heterocycles. The zero-order valence-electron chi connectivity index (χ0n) is 16.9. The highest BCUT2D eigenvalue weighted by atomic mass is 35.5. The first-order valence-electron chi connectivity index (χ1n) is 10.2. The van der Waals surface area contributed by atoms with Gasteiger partial charge in [-0.2, -0.15) is 18.3 Å². The van der Waals surface area contributed by atoms with Gasteiger partial charge in [-0.25, -0.2) is 14.8 Å². The number of amides is 2. The third-order valence-corrected chi connectivity index (χ3v) is 6.28. The van der Waals surface area contributed by atoms with Gasteiger partial charge in [-0.3, -0.25) is 5.43 Å². The number of alkyl halides is 3. The van der Waals surface area contributed by atoms with Gasteiger partial charge in [-0.15, -0.1) is 0 Å². The number of carbonyl (C=O) groups is 1. The van der Waals surface area contributed by atoms with Crippen molar-refractivity contribution >= 4 is 34.9 Å². The number of piperidine rings is 1. The highest BCUT2D eigenvalue weighted by Gasteiger charge is 2.41. The Morgan fingerprint density at radius 3 is 2.09 bits per heavy atom. The van der Waals surface area contributed by atoms with Gasteiger partial charge in [0.2, 0.25) is 0 Å². The summed E-state index contributed by atoms with van der Waals surface area (Å²) in [6.07, 6.45) is -4.29. The van der Waals surface area contributed by atoms with Crippen molar-refractivity contribution in [1.82, 2.24) is 15.4 Å². The number of hydrazone groups is 1. The van der Waals surface area contributed by atoms with E-state index in [1.807, 2.05) is 24.3 Å². The third-order valence-electron chi connectivity index (χ3n) is 5.77. The van der Waals surface area contributed by atoms with Crippen molar-refractivity contribution in [3.05, 3.63) is 69.7 Å². The number of nitrogens with zero attached hydrogens (tertiary/aromatic N) is 3. The first-order chi connectivity index (χ1) is 15.2. The van der Waals surface area contributed by atoms with Crippen LogP contribution in [-0.2, 0) is 0 Å². The lowest BCUT2D eigenvalue weighted by Gasteiger charge is -2.33. The van der Waals surface area contributed by atoms with Crippen LogP contribution in [0.2, 0.25) is 10.0 Å². The van der Waals surface area contributed by atoms with Gasteiger partial charge in [-0.05, 0) is 48.2 Å². The van der Waals surface area contributed by atoms with E-state index in [2.05, 4.69) is 10.5 Å². The molecule has 2 aliphatic heterocycles. The Morgan fingerprint density at radius 1 is 0.969 bits per heavy atom. The van der Waals surface area contributed by atoms with E-state index >= 15 is 0 Å². The van der Waals surface area contributed by atoms with Gasteiger partial charge in [0.05, 0.1) is 18.2 Å². The number of urea groups is 1. The summed E-state index contributed by atoms with van der Waals surface area (Å²) in [5.74, 6) is -1.51. The number of nitrogens with one attached hydrogen (secondary N) is 1. The minimum Gasteiger partial charge on any atom is -0.269 e. The van der Waals surface area contributed by atoms with Gasteiger partial charge in [0, 0.05) is 29.1 Å². The van der Waals surface area contributed by atoms with Crippen LogP contribution in [0.5, 0.6) is 0 Å². The summed E-state index contributed by atoms with van der Waals surface area (Å²) < 4.78 is 38.7. The van der Waals surface area contributed by atoms with Crippen LogP contribution >= 0.6 is 23.2 Å². The maximum Gasteiger partial charge on any atom is 0.391 e. The fourth-order valence-electron chi connectivity index (χ4n) is 3.98. The van der Waals surface area contributed by atoms with Crippen LogP contribution in [-0.4, -0.2) is 47.6 Å². The first kappa shape index (κ1) is 22.9. The van der Waals surface area contributed by atoms with Crippen molar-refractivity contribution in [3.63, 3.8) is 0 Å².